The fourth-order valence-electron chi connectivity index (χ4n) is 1.70. The molecule has 1 heterocycles. The molecule has 0 aromatic carbocycles. The van der Waals surface area contributed by atoms with Crippen molar-refractivity contribution < 1.29 is 18.9 Å². The maximum atomic E-state index is 11.7. The number of rotatable bonds is 7. The quantitative estimate of drug-likeness (QED) is 0.592. The van der Waals surface area contributed by atoms with Crippen LogP contribution in [0, 0.1) is 10.1 Å². The average molecular weight is 313 g/mol. The maximum absolute atomic E-state index is 11.7. The summed E-state index contributed by atoms with van der Waals surface area (Å²) in [6.45, 7) is 8.20. The Kier molecular flexibility index (Phi) is 6.36. The molecule has 0 spiro atoms. The first-order chi connectivity index (χ1) is 10.2. The summed E-state index contributed by atoms with van der Waals surface area (Å²) in [5, 5.41) is 16.4. The molecule has 2 N–H and O–H groups in total. The number of furan rings is 1. The van der Waals surface area contributed by atoms with E-state index in [0.717, 1.165) is 6.42 Å². The third-order valence-corrected chi connectivity index (χ3v) is 2.73. The van der Waals surface area contributed by atoms with Crippen LogP contribution in [0.5, 0.6) is 0 Å². The molecule has 0 aliphatic carbocycles. The van der Waals surface area contributed by atoms with Gasteiger partial charge in [-0.1, -0.05) is 6.92 Å². The molecule has 1 aromatic rings. The van der Waals surface area contributed by atoms with Crippen molar-refractivity contribution in [3.8, 4) is 0 Å². The Morgan fingerprint density at radius 3 is 2.64 bits per heavy atom. The number of carbonyl (C=O) groups excluding carboxylic acids is 1. The van der Waals surface area contributed by atoms with Crippen molar-refractivity contribution in [2.75, 3.05) is 6.54 Å². The summed E-state index contributed by atoms with van der Waals surface area (Å²) >= 11 is 0. The fraction of sp³-hybridized carbons (Fsp3) is 0.643. The standard InChI is InChI=1S/C14H23N3O5/c1-5-10(16-13(18)22-14(2,3)4)8-15-9-11-6-7-12(21-11)17(19)20/h6-7,10,15H,5,8-9H2,1-4H3,(H,16,18). The van der Waals surface area contributed by atoms with Crippen LogP contribution < -0.4 is 10.6 Å². The number of carbonyl (C=O) groups is 1. The number of hydrogen-bond donors (Lipinski definition) is 2. The van der Waals surface area contributed by atoms with Crippen molar-refractivity contribution in [3.63, 3.8) is 0 Å². The van der Waals surface area contributed by atoms with Gasteiger partial charge in [-0.3, -0.25) is 10.1 Å². The summed E-state index contributed by atoms with van der Waals surface area (Å²) in [5.74, 6) is 0.189. The average Bonchev–Trinajstić information content (AvgIpc) is 2.84. The normalized spacial score (nSPS) is 12.7. The zero-order valence-corrected chi connectivity index (χ0v) is 13.3. The maximum Gasteiger partial charge on any atom is 0.433 e. The number of ether oxygens (including phenoxy) is 1. The van der Waals surface area contributed by atoms with Gasteiger partial charge >= 0.3 is 12.0 Å². The number of nitrogens with zero attached hydrogens (tertiary/aromatic N) is 1. The lowest BCUT2D eigenvalue weighted by Gasteiger charge is -2.23. The van der Waals surface area contributed by atoms with Crippen molar-refractivity contribution in [1.82, 2.24) is 10.6 Å². The van der Waals surface area contributed by atoms with Crippen molar-refractivity contribution in [3.05, 3.63) is 28.0 Å². The van der Waals surface area contributed by atoms with Crippen LogP contribution in [-0.4, -0.2) is 29.2 Å². The van der Waals surface area contributed by atoms with E-state index in [4.69, 9.17) is 9.15 Å². The second kappa shape index (κ2) is 7.79. The third-order valence-electron chi connectivity index (χ3n) is 2.73. The molecular formula is C14H23N3O5. The summed E-state index contributed by atoms with van der Waals surface area (Å²) in [5.41, 5.74) is -0.539. The number of alkyl carbamates (subject to hydrolysis) is 1. The van der Waals surface area contributed by atoms with Crippen LogP contribution in [0.3, 0.4) is 0 Å². The summed E-state index contributed by atoms with van der Waals surface area (Å²) in [7, 11) is 0. The Hall–Kier alpha value is -2.09. The molecule has 0 fully saturated rings. The molecule has 1 unspecified atom stereocenters. The lowest BCUT2D eigenvalue weighted by Crippen LogP contribution is -2.43. The molecule has 1 aromatic heterocycles. The Labute approximate surface area is 129 Å². The highest BCUT2D eigenvalue weighted by molar-refractivity contribution is 5.68. The molecule has 22 heavy (non-hydrogen) atoms. The minimum absolute atomic E-state index is 0.0974. The van der Waals surface area contributed by atoms with Gasteiger partial charge in [0.05, 0.1) is 12.6 Å². The molecule has 1 rings (SSSR count). The van der Waals surface area contributed by atoms with E-state index in [9.17, 15) is 14.9 Å². The smallest absolute Gasteiger partial charge is 0.433 e. The molecule has 0 bridgehead atoms. The predicted molar refractivity (Wildman–Crippen MR) is 80.5 cm³/mol. The Morgan fingerprint density at radius 2 is 2.14 bits per heavy atom. The fourth-order valence-corrected chi connectivity index (χ4v) is 1.70. The van der Waals surface area contributed by atoms with E-state index in [2.05, 4.69) is 10.6 Å². The van der Waals surface area contributed by atoms with Crippen LogP contribution in [0.25, 0.3) is 0 Å². The van der Waals surface area contributed by atoms with Crippen LogP contribution in [-0.2, 0) is 11.3 Å². The first-order valence-electron chi connectivity index (χ1n) is 7.14. The Balaban J connectivity index is 2.37. The van der Waals surface area contributed by atoms with E-state index in [-0.39, 0.29) is 11.9 Å². The molecule has 8 nitrogen and oxygen atoms in total. The van der Waals surface area contributed by atoms with Crippen LogP contribution in [0.15, 0.2) is 16.5 Å². The first-order valence-corrected chi connectivity index (χ1v) is 7.14. The van der Waals surface area contributed by atoms with Crippen LogP contribution in [0.2, 0.25) is 0 Å². The van der Waals surface area contributed by atoms with Gasteiger partial charge in [-0.25, -0.2) is 4.79 Å². The molecule has 0 radical (unpaired) electrons. The molecule has 1 amide bonds. The minimum Gasteiger partial charge on any atom is -0.444 e. The number of nitro groups is 1. The van der Waals surface area contributed by atoms with Crippen molar-refractivity contribution in [1.29, 1.82) is 0 Å². The minimum atomic E-state index is -0.581. The predicted octanol–water partition coefficient (Wildman–Crippen LogP) is 2.58. The van der Waals surface area contributed by atoms with E-state index in [1.165, 1.54) is 6.07 Å². The monoisotopic (exact) mass is 313 g/mol. The van der Waals surface area contributed by atoms with Gasteiger partial charge in [0.15, 0.2) is 0 Å². The van der Waals surface area contributed by atoms with Crippen molar-refractivity contribution >= 4 is 12.0 Å². The molecule has 124 valence electrons. The Bertz CT molecular complexity index is 507. The summed E-state index contributed by atoms with van der Waals surface area (Å²) in [4.78, 5) is 21.6. The lowest BCUT2D eigenvalue weighted by molar-refractivity contribution is -0.402. The van der Waals surface area contributed by atoms with Gasteiger partial charge in [0.2, 0.25) is 0 Å². The van der Waals surface area contributed by atoms with Crippen molar-refractivity contribution in [2.24, 2.45) is 0 Å². The number of hydrogen-bond acceptors (Lipinski definition) is 6. The van der Waals surface area contributed by atoms with E-state index in [1.807, 2.05) is 6.92 Å². The van der Waals surface area contributed by atoms with Gasteiger partial charge in [0.25, 0.3) is 0 Å². The zero-order chi connectivity index (χ0) is 16.8. The third kappa shape index (κ3) is 6.57. The summed E-state index contributed by atoms with van der Waals surface area (Å²) in [6.07, 6.45) is 0.264. The highest BCUT2D eigenvalue weighted by atomic mass is 16.6. The summed E-state index contributed by atoms with van der Waals surface area (Å²) < 4.78 is 10.2. The second-order valence-electron chi connectivity index (χ2n) is 5.88. The lowest BCUT2D eigenvalue weighted by atomic mass is 10.2. The van der Waals surface area contributed by atoms with Gasteiger partial charge in [0.1, 0.15) is 16.3 Å². The highest BCUT2D eigenvalue weighted by Gasteiger charge is 2.18. The highest BCUT2D eigenvalue weighted by Crippen LogP contribution is 2.15. The summed E-state index contributed by atoms with van der Waals surface area (Å²) in [6, 6.07) is 2.76. The van der Waals surface area contributed by atoms with Crippen LogP contribution in [0.4, 0.5) is 10.7 Å². The topological polar surface area (TPSA) is 107 Å². The van der Waals surface area contributed by atoms with E-state index in [1.54, 1.807) is 26.8 Å². The molecule has 0 aliphatic heterocycles. The molecule has 0 saturated heterocycles. The Morgan fingerprint density at radius 1 is 1.45 bits per heavy atom. The van der Waals surface area contributed by atoms with Crippen LogP contribution in [0.1, 0.15) is 39.9 Å². The number of amides is 1. The largest absolute Gasteiger partial charge is 0.444 e. The van der Waals surface area contributed by atoms with E-state index < -0.39 is 16.6 Å². The molecule has 0 aliphatic rings. The molecule has 1 atom stereocenters. The zero-order valence-electron chi connectivity index (χ0n) is 13.3. The van der Waals surface area contributed by atoms with Gasteiger partial charge in [0, 0.05) is 12.6 Å². The van der Waals surface area contributed by atoms with E-state index in [0.29, 0.717) is 18.8 Å². The van der Waals surface area contributed by atoms with Gasteiger partial charge in [-0.15, -0.1) is 0 Å². The molecule has 0 saturated carbocycles. The molecule has 8 heteroatoms. The second-order valence-corrected chi connectivity index (χ2v) is 5.88. The first kappa shape index (κ1) is 18.0. The number of nitrogens with one attached hydrogen (secondary N) is 2. The molecular weight excluding hydrogens is 290 g/mol. The van der Waals surface area contributed by atoms with Gasteiger partial charge in [-0.05, 0) is 33.3 Å². The van der Waals surface area contributed by atoms with Gasteiger partial charge < -0.3 is 19.8 Å². The van der Waals surface area contributed by atoms with E-state index >= 15 is 0 Å². The van der Waals surface area contributed by atoms with Gasteiger partial charge in [-0.2, -0.15) is 0 Å². The SMILES string of the molecule is CCC(CNCc1ccc([N+](=O)[O-])o1)NC(=O)OC(C)(C)C. The van der Waals surface area contributed by atoms with Crippen molar-refractivity contribution in [2.45, 2.75) is 52.3 Å². The van der Waals surface area contributed by atoms with Crippen LogP contribution >= 0.6 is 0 Å².